The molecule has 4 rings (SSSR count). The summed E-state index contributed by atoms with van der Waals surface area (Å²) in [6, 6.07) is 16.3. The molecule has 0 aromatic heterocycles. The highest BCUT2D eigenvalue weighted by Crippen LogP contribution is 2.46. The molecule has 2 heterocycles. The van der Waals surface area contributed by atoms with Gasteiger partial charge in [-0.05, 0) is 42.5 Å². The van der Waals surface area contributed by atoms with Gasteiger partial charge in [0.15, 0.2) is 0 Å². The maximum Gasteiger partial charge on any atom is 0.244 e. The van der Waals surface area contributed by atoms with Crippen LogP contribution in [0.2, 0.25) is 5.02 Å². The molecule has 150 valence electrons. The van der Waals surface area contributed by atoms with Crippen LogP contribution in [0.4, 0.5) is 0 Å². The number of para-hydroxylation sites is 1. The lowest BCUT2D eigenvalue weighted by Gasteiger charge is -2.37. The number of hydrogen-bond acceptors (Lipinski definition) is 4. The Balaban J connectivity index is 1.58. The number of sulfonamides is 1. The summed E-state index contributed by atoms with van der Waals surface area (Å²) in [6.07, 6.45) is 1.68. The normalized spacial score (nSPS) is 22.4. The Labute approximate surface area is 171 Å². The molecule has 0 radical (unpaired) electrons. The van der Waals surface area contributed by atoms with Crippen LogP contribution in [0.25, 0.3) is 0 Å². The Kier molecular flexibility index (Phi) is 5.65. The Hall–Kier alpha value is -1.60. The summed E-state index contributed by atoms with van der Waals surface area (Å²) >= 11 is 6.19. The molecular formula is C21H24ClNO4S. The fourth-order valence-corrected chi connectivity index (χ4v) is 6.32. The number of nitrogens with zero attached hydrogens (tertiary/aromatic N) is 1. The van der Waals surface area contributed by atoms with Gasteiger partial charge < -0.3 is 9.47 Å². The molecule has 2 aliphatic rings. The largest absolute Gasteiger partial charge is 0.493 e. The zero-order valence-corrected chi connectivity index (χ0v) is 17.2. The van der Waals surface area contributed by atoms with Gasteiger partial charge in [0.25, 0.3) is 0 Å². The maximum atomic E-state index is 13.3. The van der Waals surface area contributed by atoms with Crippen LogP contribution in [0.1, 0.15) is 12.8 Å². The van der Waals surface area contributed by atoms with E-state index in [-0.39, 0.29) is 21.3 Å². The van der Waals surface area contributed by atoms with Crippen molar-refractivity contribution in [2.24, 2.45) is 11.3 Å². The van der Waals surface area contributed by atoms with Gasteiger partial charge in [-0.15, -0.1) is 0 Å². The van der Waals surface area contributed by atoms with Crippen molar-refractivity contribution in [1.82, 2.24) is 4.31 Å². The molecule has 1 spiro atoms. The summed E-state index contributed by atoms with van der Waals surface area (Å²) in [5, 5.41) is 0.257. The highest BCUT2D eigenvalue weighted by molar-refractivity contribution is 7.89. The van der Waals surface area contributed by atoms with Gasteiger partial charge in [0.2, 0.25) is 10.0 Å². The fraction of sp³-hybridized carbons (Fsp3) is 0.429. The predicted molar refractivity (Wildman–Crippen MR) is 108 cm³/mol. The predicted octanol–water partition coefficient (Wildman–Crippen LogP) is 3.84. The van der Waals surface area contributed by atoms with Gasteiger partial charge >= 0.3 is 0 Å². The average Bonchev–Trinajstić information content (AvgIpc) is 3.06. The molecule has 0 saturated carbocycles. The van der Waals surface area contributed by atoms with Crippen LogP contribution >= 0.6 is 11.6 Å². The van der Waals surface area contributed by atoms with Crippen LogP contribution in [-0.2, 0) is 14.8 Å². The van der Waals surface area contributed by atoms with Crippen LogP contribution < -0.4 is 4.74 Å². The fourth-order valence-electron chi connectivity index (χ4n) is 4.25. The van der Waals surface area contributed by atoms with Crippen LogP contribution in [0.3, 0.4) is 0 Å². The lowest BCUT2D eigenvalue weighted by Crippen LogP contribution is -2.39. The number of rotatable bonds is 5. The van der Waals surface area contributed by atoms with Gasteiger partial charge in [-0.2, -0.15) is 4.31 Å². The van der Waals surface area contributed by atoms with E-state index in [2.05, 4.69) is 0 Å². The Bertz CT molecular complexity index is 913. The molecule has 2 fully saturated rings. The van der Waals surface area contributed by atoms with E-state index in [1.54, 1.807) is 28.6 Å². The van der Waals surface area contributed by atoms with E-state index >= 15 is 0 Å². The highest BCUT2D eigenvalue weighted by Gasteiger charge is 2.51. The second kappa shape index (κ2) is 8.03. The minimum atomic E-state index is -3.66. The minimum Gasteiger partial charge on any atom is -0.493 e. The summed E-state index contributed by atoms with van der Waals surface area (Å²) in [6.45, 7) is 2.70. The summed E-state index contributed by atoms with van der Waals surface area (Å²) in [5.41, 5.74) is -0.124. The zero-order valence-electron chi connectivity index (χ0n) is 15.6. The van der Waals surface area contributed by atoms with Crippen LogP contribution in [-0.4, -0.2) is 45.6 Å². The van der Waals surface area contributed by atoms with E-state index in [1.165, 1.54) is 0 Å². The summed E-state index contributed by atoms with van der Waals surface area (Å²) in [5.74, 6) is 0.908. The molecule has 2 aliphatic heterocycles. The number of halogens is 1. The highest BCUT2D eigenvalue weighted by atomic mass is 35.5. The third kappa shape index (κ3) is 3.79. The molecule has 28 heavy (non-hydrogen) atoms. The van der Waals surface area contributed by atoms with Gasteiger partial charge in [0.05, 0.1) is 11.6 Å². The van der Waals surface area contributed by atoms with Crippen LogP contribution in [0.5, 0.6) is 5.75 Å². The third-order valence-corrected chi connectivity index (χ3v) is 8.23. The Morgan fingerprint density at radius 2 is 1.75 bits per heavy atom. The van der Waals surface area contributed by atoms with Crippen molar-refractivity contribution in [2.45, 2.75) is 17.7 Å². The summed E-state index contributed by atoms with van der Waals surface area (Å²) in [4.78, 5) is 0.170. The van der Waals surface area contributed by atoms with Crippen LogP contribution in [0, 0.1) is 11.3 Å². The second-order valence-electron chi connectivity index (χ2n) is 7.52. The molecule has 2 aromatic rings. The molecule has 7 heteroatoms. The molecule has 2 saturated heterocycles. The van der Waals surface area contributed by atoms with Crippen molar-refractivity contribution >= 4 is 21.6 Å². The average molecular weight is 422 g/mol. The van der Waals surface area contributed by atoms with Gasteiger partial charge in [-0.3, -0.25) is 0 Å². The number of ether oxygens (including phenoxy) is 2. The maximum absolute atomic E-state index is 13.3. The first-order valence-corrected chi connectivity index (χ1v) is 11.3. The van der Waals surface area contributed by atoms with E-state index in [9.17, 15) is 8.42 Å². The topological polar surface area (TPSA) is 55.8 Å². The van der Waals surface area contributed by atoms with Gasteiger partial charge in [0, 0.05) is 32.2 Å². The smallest absolute Gasteiger partial charge is 0.244 e. The van der Waals surface area contributed by atoms with Crippen molar-refractivity contribution in [3.05, 3.63) is 59.6 Å². The number of benzene rings is 2. The lowest BCUT2D eigenvalue weighted by atomic mass is 9.72. The second-order valence-corrected chi connectivity index (χ2v) is 9.84. The quantitative estimate of drug-likeness (QED) is 0.736. The monoisotopic (exact) mass is 421 g/mol. The molecule has 0 amide bonds. The summed E-state index contributed by atoms with van der Waals surface area (Å²) < 4.78 is 39.7. The minimum absolute atomic E-state index is 0.105. The van der Waals surface area contributed by atoms with E-state index in [0.717, 1.165) is 18.6 Å². The molecule has 2 aromatic carbocycles. The van der Waals surface area contributed by atoms with Gasteiger partial charge in [-0.1, -0.05) is 41.9 Å². The van der Waals surface area contributed by atoms with Crippen LogP contribution in [0.15, 0.2) is 59.5 Å². The van der Waals surface area contributed by atoms with Gasteiger partial charge in [-0.25, -0.2) is 8.42 Å². The van der Waals surface area contributed by atoms with E-state index in [1.807, 2.05) is 30.3 Å². The van der Waals surface area contributed by atoms with E-state index in [4.69, 9.17) is 21.1 Å². The molecule has 1 atom stereocenters. The standard InChI is InChI=1S/C21H24ClNO4S/c22-19-8-4-5-9-20(19)28(24,25)23-14-17(15-27-18-6-2-1-3-7-18)21(16-23)10-12-26-13-11-21/h1-9,17H,10-16H2. The molecule has 0 bridgehead atoms. The SMILES string of the molecule is O=S(=O)(c1ccccc1Cl)N1CC(COc2ccccc2)C2(CCOCC2)C1. The van der Waals surface area contributed by atoms with Crippen molar-refractivity contribution in [1.29, 1.82) is 0 Å². The number of hydrogen-bond donors (Lipinski definition) is 0. The van der Waals surface area contributed by atoms with E-state index < -0.39 is 10.0 Å². The lowest BCUT2D eigenvalue weighted by molar-refractivity contribution is -0.00811. The Morgan fingerprint density at radius 1 is 1.07 bits per heavy atom. The first kappa shape index (κ1) is 19.7. The molecule has 1 unspecified atom stereocenters. The first-order valence-electron chi connectivity index (χ1n) is 9.52. The third-order valence-electron chi connectivity index (χ3n) is 5.92. The van der Waals surface area contributed by atoms with Crippen molar-refractivity contribution in [3.8, 4) is 5.75 Å². The molecular weight excluding hydrogens is 398 g/mol. The summed E-state index contributed by atoms with van der Waals surface area (Å²) in [7, 11) is -3.66. The molecule has 5 nitrogen and oxygen atoms in total. The first-order chi connectivity index (χ1) is 13.5. The molecule has 0 N–H and O–H groups in total. The zero-order chi connectivity index (χ0) is 19.6. The van der Waals surface area contributed by atoms with Gasteiger partial charge in [0.1, 0.15) is 10.6 Å². The van der Waals surface area contributed by atoms with Crippen molar-refractivity contribution in [2.75, 3.05) is 32.9 Å². The van der Waals surface area contributed by atoms with E-state index in [0.29, 0.717) is 32.9 Å². The van der Waals surface area contributed by atoms with Crippen molar-refractivity contribution < 1.29 is 17.9 Å². The Morgan fingerprint density at radius 3 is 2.46 bits per heavy atom. The molecule has 0 aliphatic carbocycles. The van der Waals surface area contributed by atoms with Crippen molar-refractivity contribution in [3.63, 3.8) is 0 Å².